The van der Waals surface area contributed by atoms with E-state index in [2.05, 4.69) is 15.3 Å². The molecule has 15 heavy (non-hydrogen) atoms. The number of sulfone groups is 1. The van der Waals surface area contributed by atoms with Gasteiger partial charge in [0.25, 0.3) is 0 Å². The number of nitrogens with zero attached hydrogens (tertiary/aromatic N) is 2. The molecule has 0 aliphatic carbocycles. The monoisotopic (exact) mass is 247 g/mol. The number of rotatable bonds is 2. The zero-order chi connectivity index (χ0) is 10.9. The molecule has 1 saturated heterocycles. The van der Waals surface area contributed by atoms with Crippen LogP contribution in [0, 0.1) is 0 Å². The Balaban J connectivity index is 2.32. The summed E-state index contributed by atoms with van der Waals surface area (Å²) in [5, 5.41) is 2.77. The van der Waals surface area contributed by atoms with E-state index < -0.39 is 15.1 Å². The highest BCUT2D eigenvalue weighted by Crippen LogP contribution is 2.17. The number of halogens is 1. The zero-order valence-electron chi connectivity index (χ0n) is 7.85. The lowest BCUT2D eigenvalue weighted by Gasteiger charge is -2.07. The third-order valence-electron chi connectivity index (χ3n) is 2.31. The number of hydrogen-bond acceptors (Lipinski definition) is 5. The van der Waals surface area contributed by atoms with Gasteiger partial charge in [-0.1, -0.05) is 11.6 Å². The van der Waals surface area contributed by atoms with E-state index in [0.29, 0.717) is 18.0 Å². The predicted molar refractivity (Wildman–Crippen MR) is 55.5 cm³/mol. The molecule has 0 saturated carbocycles. The lowest BCUT2D eigenvalue weighted by molar-refractivity contribution is 0.573. The van der Waals surface area contributed by atoms with Gasteiger partial charge in [0.1, 0.15) is 0 Å². The molecule has 1 aromatic heterocycles. The van der Waals surface area contributed by atoms with E-state index in [1.807, 2.05) is 0 Å². The Bertz CT molecular complexity index is 439. The van der Waals surface area contributed by atoms with Crippen LogP contribution in [0.5, 0.6) is 0 Å². The van der Waals surface area contributed by atoms with E-state index in [4.69, 9.17) is 11.6 Å². The quantitative estimate of drug-likeness (QED) is 0.760. The van der Waals surface area contributed by atoms with Crippen LogP contribution in [0.25, 0.3) is 0 Å². The molecule has 0 spiro atoms. The lowest BCUT2D eigenvalue weighted by atomic mass is 10.4. The summed E-state index contributed by atoms with van der Waals surface area (Å²) in [5.74, 6) is 0. The molecule has 82 valence electrons. The standard InChI is InChI=1S/C8H10ClN3O2S/c9-6-3-11-8(12-4-6)15(13,14)7-1-2-10-5-7/h3-4,7,10H,1-2,5H2. The first-order valence-corrected chi connectivity index (χ1v) is 6.45. The number of hydrogen-bond donors (Lipinski definition) is 1. The van der Waals surface area contributed by atoms with Crippen molar-refractivity contribution in [2.24, 2.45) is 0 Å². The Hall–Kier alpha value is -0.720. The van der Waals surface area contributed by atoms with Crippen LogP contribution in [0.4, 0.5) is 0 Å². The average molecular weight is 248 g/mol. The molecule has 0 amide bonds. The first kappa shape index (κ1) is 10.8. The van der Waals surface area contributed by atoms with Crippen LogP contribution in [-0.2, 0) is 9.84 Å². The van der Waals surface area contributed by atoms with Crippen LogP contribution in [0.1, 0.15) is 6.42 Å². The fourth-order valence-electron chi connectivity index (χ4n) is 1.49. The van der Waals surface area contributed by atoms with Gasteiger partial charge in [0.2, 0.25) is 15.0 Å². The van der Waals surface area contributed by atoms with E-state index >= 15 is 0 Å². The molecule has 1 fully saturated rings. The molecule has 0 bridgehead atoms. The average Bonchev–Trinajstić information content (AvgIpc) is 2.71. The summed E-state index contributed by atoms with van der Waals surface area (Å²) in [6.07, 6.45) is 3.20. The molecule has 1 N–H and O–H groups in total. The van der Waals surface area contributed by atoms with Gasteiger partial charge in [-0.3, -0.25) is 0 Å². The molecule has 5 nitrogen and oxygen atoms in total. The molecule has 1 unspecified atom stereocenters. The molecule has 1 aromatic rings. The number of aromatic nitrogens is 2. The molecule has 1 aliphatic rings. The van der Waals surface area contributed by atoms with E-state index in [0.717, 1.165) is 6.54 Å². The smallest absolute Gasteiger partial charge is 0.247 e. The normalized spacial score (nSPS) is 21.8. The van der Waals surface area contributed by atoms with Crippen molar-refractivity contribution in [3.8, 4) is 0 Å². The van der Waals surface area contributed by atoms with Crippen molar-refractivity contribution in [2.75, 3.05) is 13.1 Å². The van der Waals surface area contributed by atoms with Crippen LogP contribution in [0.3, 0.4) is 0 Å². The minimum Gasteiger partial charge on any atom is -0.315 e. The van der Waals surface area contributed by atoms with Gasteiger partial charge < -0.3 is 5.32 Å². The Morgan fingerprint density at radius 3 is 2.60 bits per heavy atom. The van der Waals surface area contributed by atoms with E-state index in [1.54, 1.807) is 0 Å². The Morgan fingerprint density at radius 1 is 1.40 bits per heavy atom. The molecule has 0 aromatic carbocycles. The summed E-state index contributed by atoms with van der Waals surface area (Å²) in [4.78, 5) is 7.47. The highest BCUT2D eigenvalue weighted by molar-refractivity contribution is 7.91. The maximum atomic E-state index is 11.9. The fraction of sp³-hybridized carbons (Fsp3) is 0.500. The van der Waals surface area contributed by atoms with E-state index in [1.165, 1.54) is 12.4 Å². The largest absolute Gasteiger partial charge is 0.315 e. The van der Waals surface area contributed by atoms with Crippen molar-refractivity contribution in [3.05, 3.63) is 17.4 Å². The maximum Gasteiger partial charge on any atom is 0.247 e. The molecule has 2 rings (SSSR count). The lowest BCUT2D eigenvalue weighted by Crippen LogP contribution is -2.25. The Morgan fingerprint density at radius 2 is 2.07 bits per heavy atom. The number of nitrogens with one attached hydrogen (secondary N) is 1. The van der Waals surface area contributed by atoms with Crippen molar-refractivity contribution < 1.29 is 8.42 Å². The van der Waals surface area contributed by atoms with Crippen molar-refractivity contribution in [1.29, 1.82) is 0 Å². The van der Waals surface area contributed by atoms with Crippen LogP contribution in [0.2, 0.25) is 5.02 Å². The topological polar surface area (TPSA) is 72.0 Å². The summed E-state index contributed by atoms with van der Waals surface area (Å²) >= 11 is 5.59. The SMILES string of the molecule is O=S(=O)(c1ncc(Cl)cn1)C1CCNC1. The van der Waals surface area contributed by atoms with Gasteiger partial charge in [-0.05, 0) is 13.0 Å². The molecule has 1 aliphatic heterocycles. The molecular weight excluding hydrogens is 238 g/mol. The second kappa shape index (κ2) is 4.03. The Kier molecular flexibility index (Phi) is 2.90. The van der Waals surface area contributed by atoms with E-state index in [9.17, 15) is 8.42 Å². The van der Waals surface area contributed by atoms with Gasteiger partial charge in [-0.25, -0.2) is 18.4 Å². The van der Waals surface area contributed by atoms with Crippen LogP contribution in [-0.4, -0.2) is 36.7 Å². The molecule has 1 atom stereocenters. The maximum absolute atomic E-state index is 11.9. The minimum atomic E-state index is -3.40. The van der Waals surface area contributed by atoms with Crippen molar-refractivity contribution in [2.45, 2.75) is 16.8 Å². The van der Waals surface area contributed by atoms with Crippen molar-refractivity contribution in [3.63, 3.8) is 0 Å². The first-order chi connectivity index (χ1) is 7.10. The highest BCUT2D eigenvalue weighted by Gasteiger charge is 2.32. The summed E-state index contributed by atoms with van der Waals surface area (Å²) in [5.41, 5.74) is 0. The van der Waals surface area contributed by atoms with Crippen molar-refractivity contribution >= 4 is 21.4 Å². The molecule has 7 heteroatoms. The summed E-state index contributed by atoms with van der Waals surface area (Å²) < 4.78 is 23.9. The van der Waals surface area contributed by atoms with Gasteiger partial charge in [-0.2, -0.15) is 0 Å². The summed E-state index contributed by atoms with van der Waals surface area (Å²) in [7, 11) is -3.40. The van der Waals surface area contributed by atoms with Gasteiger partial charge in [-0.15, -0.1) is 0 Å². The van der Waals surface area contributed by atoms with Gasteiger partial charge in [0.05, 0.1) is 22.7 Å². The van der Waals surface area contributed by atoms with Crippen LogP contribution < -0.4 is 5.32 Å². The summed E-state index contributed by atoms with van der Waals surface area (Å²) in [6, 6.07) is 0. The predicted octanol–water partition coefficient (Wildman–Crippen LogP) is 0.266. The fourth-order valence-corrected chi connectivity index (χ4v) is 3.05. The van der Waals surface area contributed by atoms with E-state index in [-0.39, 0.29) is 5.16 Å². The summed E-state index contributed by atoms with van der Waals surface area (Å²) in [6.45, 7) is 1.19. The van der Waals surface area contributed by atoms with Crippen LogP contribution in [0.15, 0.2) is 17.6 Å². The minimum absolute atomic E-state index is 0.138. The highest BCUT2D eigenvalue weighted by atomic mass is 35.5. The second-order valence-corrected chi connectivity index (χ2v) is 5.90. The van der Waals surface area contributed by atoms with Crippen LogP contribution >= 0.6 is 11.6 Å². The third-order valence-corrected chi connectivity index (χ3v) is 4.50. The third kappa shape index (κ3) is 2.11. The first-order valence-electron chi connectivity index (χ1n) is 4.53. The zero-order valence-corrected chi connectivity index (χ0v) is 9.42. The van der Waals surface area contributed by atoms with Gasteiger partial charge in [0.15, 0.2) is 0 Å². The van der Waals surface area contributed by atoms with Crippen molar-refractivity contribution in [1.82, 2.24) is 15.3 Å². The molecule has 2 heterocycles. The molecular formula is C8H10ClN3O2S. The van der Waals surface area contributed by atoms with Gasteiger partial charge in [0, 0.05) is 6.54 Å². The van der Waals surface area contributed by atoms with Gasteiger partial charge >= 0.3 is 0 Å². The Labute approximate surface area is 92.8 Å². The molecule has 0 radical (unpaired) electrons. The second-order valence-electron chi connectivity index (χ2n) is 3.34.